The first-order chi connectivity index (χ1) is 14.7. The second-order valence-electron chi connectivity index (χ2n) is 8.48. The molecule has 1 atom stereocenters. The van der Waals surface area contributed by atoms with Gasteiger partial charge in [-0.2, -0.15) is 5.10 Å². The molecule has 2 heterocycles. The van der Waals surface area contributed by atoms with Crippen LogP contribution in [0, 0.1) is 0 Å². The summed E-state index contributed by atoms with van der Waals surface area (Å²) in [5.74, 6) is 0. The lowest BCUT2D eigenvalue weighted by atomic mass is 10.0. The number of nitrogens with one attached hydrogen (secondary N) is 1. The number of carbonyl (C=O) groups excluding carboxylic acids is 1. The Hall–Kier alpha value is -2.86. The number of aryl methyl sites for hydroxylation is 1. The summed E-state index contributed by atoms with van der Waals surface area (Å²) in [7, 11) is 1.89. The van der Waals surface area contributed by atoms with Crippen molar-refractivity contribution in [3.8, 4) is 0 Å². The number of aromatic nitrogens is 3. The Morgan fingerprint density at radius 1 is 1.29 bits per heavy atom. The predicted molar refractivity (Wildman–Crippen MR) is 125 cm³/mol. The van der Waals surface area contributed by atoms with Gasteiger partial charge in [0.25, 0.3) is 0 Å². The van der Waals surface area contributed by atoms with Crippen molar-refractivity contribution >= 4 is 34.7 Å². The highest BCUT2D eigenvalue weighted by Crippen LogP contribution is 2.23. The topological polar surface area (TPSA) is 69.0 Å². The van der Waals surface area contributed by atoms with Gasteiger partial charge in [-0.25, -0.2) is 9.78 Å². The molecular weight excluding hydrogens is 412 g/mol. The number of unbranched alkanes of at least 4 members (excludes halogenated alkanes) is 1. The molecule has 1 amide bonds. The van der Waals surface area contributed by atoms with Gasteiger partial charge in [-0.05, 0) is 57.7 Å². The summed E-state index contributed by atoms with van der Waals surface area (Å²) in [6.07, 6.45) is 7.96. The van der Waals surface area contributed by atoms with Gasteiger partial charge in [0.1, 0.15) is 10.8 Å². The number of carbonyl (C=O) groups is 1. The summed E-state index contributed by atoms with van der Waals surface area (Å²) in [4.78, 5) is 16.7. The van der Waals surface area contributed by atoms with Gasteiger partial charge in [-0.1, -0.05) is 48.0 Å². The lowest BCUT2D eigenvalue weighted by Crippen LogP contribution is -2.35. The van der Waals surface area contributed by atoms with Crippen LogP contribution in [-0.4, -0.2) is 26.5 Å². The van der Waals surface area contributed by atoms with Crippen LogP contribution in [0.4, 0.5) is 4.79 Å². The van der Waals surface area contributed by atoms with Gasteiger partial charge < -0.3 is 10.1 Å². The van der Waals surface area contributed by atoms with Crippen molar-refractivity contribution in [3.05, 3.63) is 65.1 Å². The van der Waals surface area contributed by atoms with E-state index in [1.807, 2.05) is 70.3 Å². The molecular formula is C24H29ClN4O2. The second kappa shape index (κ2) is 9.96. The van der Waals surface area contributed by atoms with Crippen LogP contribution in [-0.2, 0) is 11.8 Å². The highest BCUT2D eigenvalue weighted by molar-refractivity contribution is 6.30. The van der Waals surface area contributed by atoms with Gasteiger partial charge in [0, 0.05) is 12.4 Å². The molecule has 1 unspecified atom stereocenters. The molecule has 0 saturated carbocycles. The molecule has 2 aromatic heterocycles. The molecule has 0 fully saturated rings. The van der Waals surface area contributed by atoms with Gasteiger partial charge in [-0.15, -0.1) is 0 Å². The maximum Gasteiger partial charge on any atom is 0.408 e. The van der Waals surface area contributed by atoms with Crippen molar-refractivity contribution < 1.29 is 9.53 Å². The SMILES string of the molecule is Cn1ncc2cc(Cl)nc(C=CCCCC(NC(=O)OC(C)(C)C)c3ccccc3)c21. The standard InChI is InChI=1S/C24H29ClN4O2/c1-24(2,3)31-23(30)28-19(17-11-7-5-8-12-17)13-9-6-10-14-20-22-18(15-21(25)27-20)16-26-29(22)4/h5,7-8,10-12,14-16,19H,6,9,13H2,1-4H3,(H,28,30). The van der Waals surface area contributed by atoms with Crippen molar-refractivity contribution in [2.45, 2.75) is 51.7 Å². The minimum atomic E-state index is -0.533. The van der Waals surface area contributed by atoms with E-state index in [4.69, 9.17) is 16.3 Å². The Morgan fingerprint density at radius 2 is 2.03 bits per heavy atom. The number of pyridine rings is 1. The predicted octanol–water partition coefficient (Wildman–Crippen LogP) is 6.07. The molecule has 0 saturated heterocycles. The first-order valence-corrected chi connectivity index (χ1v) is 10.8. The number of hydrogen-bond donors (Lipinski definition) is 1. The van der Waals surface area contributed by atoms with Crippen LogP contribution in [0.3, 0.4) is 0 Å². The van der Waals surface area contributed by atoms with Crippen molar-refractivity contribution in [3.63, 3.8) is 0 Å². The lowest BCUT2D eigenvalue weighted by Gasteiger charge is -2.24. The lowest BCUT2D eigenvalue weighted by molar-refractivity contribution is 0.0500. The van der Waals surface area contributed by atoms with E-state index in [9.17, 15) is 4.79 Å². The Balaban J connectivity index is 1.63. The molecule has 0 spiro atoms. The number of alkyl carbamates (subject to hydrolysis) is 1. The van der Waals surface area contributed by atoms with Gasteiger partial charge in [-0.3, -0.25) is 4.68 Å². The third kappa shape index (κ3) is 6.56. The summed E-state index contributed by atoms with van der Waals surface area (Å²) >= 11 is 6.14. The fourth-order valence-corrected chi connectivity index (χ4v) is 3.62. The maximum absolute atomic E-state index is 12.3. The number of fused-ring (bicyclic) bond motifs is 1. The molecule has 7 heteroatoms. The quantitative estimate of drug-likeness (QED) is 0.357. The van der Waals surface area contributed by atoms with Crippen LogP contribution < -0.4 is 5.32 Å². The zero-order valence-electron chi connectivity index (χ0n) is 18.4. The number of hydrogen-bond acceptors (Lipinski definition) is 4. The normalized spacial score (nSPS) is 12.9. The third-order valence-corrected chi connectivity index (χ3v) is 4.94. The van der Waals surface area contributed by atoms with E-state index < -0.39 is 11.7 Å². The molecule has 31 heavy (non-hydrogen) atoms. The van der Waals surface area contributed by atoms with Gasteiger partial charge in [0.05, 0.1) is 23.4 Å². The smallest absolute Gasteiger partial charge is 0.408 e. The van der Waals surface area contributed by atoms with Crippen molar-refractivity contribution in [2.75, 3.05) is 0 Å². The zero-order valence-corrected chi connectivity index (χ0v) is 19.2. The molecule has 0 bridgehead atoms. The Labute approximate surface area is 188 Å². The molecule has 1 N–H and O–H groups in total. The van der Waals surface area contributed by atoms with E-state index in [1.54, 1.807) is 10.9 Å². The average molecular weight is 441 g/mol. The molecule has 0 aliphatic heterocycles. The van der Waals surface area contributed by atoms with Crippen LogP contribution in [0.1, 0.15) is 57.3 Å². The number of rotatable bonds is 7. The number of halogens is 1. The fourth-order valence-electron chi connectivity index (χ4n) is 3.41. The first kappa shape index (κ1) is 22.8. The molecule has 0 aliphatic rings. The number of amides is 1. The average Bonchev–Trinajstić information content (AvgIpc) is 3.06. The zero-order chi connectivity index (χ0) is 22.4. The Bertz CT molecular complexity index is 1050. The molecule has 3 rings (SSSR count). The molecule has 3 aromatic rings. The van der Waals surface area contributed by atoms with Gasteiger partial charge in [0.2, 0.25) is 0 Å². The summed E-state index contributed by atoms with van der Waals surface area (Å²) in [6.45, 7) is 5.58. The third-order valence-electron chi connectivity index (χ3n) is 4.74. The van der Waals surface area contributed by atoms with Gasteiger partial charge >= 0.3 is 6.09 Å². The Morgan fingerprint density at radius 3 is 2.74 bits per heavy atom. The van der Waals surface area contributed by atoms with Crippen molar-refractivity contribution in [1.29, 1.82) is 0 Å². The monoisotopic (exact) mass is 440 g/mol. The van der Waals surface area contributed by atoms with Crippen LogP contribution in [0.5, 0.6) is 0 Å². The first-order valence-electron chi connectivity index (χ1n) is 10.4. The van der Waals surface area contributed by atoms with Crippen LogP contribution in [0.15, 0.2) is 48.7 Å². The minimum absolute atomic E-state index is 0.113. The van der Waals surface area contributed by atoms with E-state index in [0.717, 1.165) is 41.4 Å². The summed E-state index contributed by atoms with van der Waals surface area (Å²) in [6, 6.07) is 11.7. The highest BCUT2D eigenvalue weighted by atomic mass is 35.5. The maximum atomic E-state index is 12.3. The van der Waals surface area contributed by atoms with E-state index >= 15 is 0 Å². The van der Waals surface area contributed by atoms with E-state index in [1.165, 1.54) is 0 Å². The Kier molecular flexibility index (Phi) is 7.33. The molecule has 6 nitrogen and oxygen atoms in total. The number of ether oxygens (including phenoxy) is 1. The molecule has 0 radical (unpaired) electrons. The summed E-state index contributed by atoms with van der Waals surface area (Å²) in [5.41, 5.74) is 2.28. The fraction of sp³-hybridized carbons (Fsp3) is 0.375. The van der Waals surface area contributed by atoms with E-state index in [-0.39, 0.29) is 6.04 Å². The van der Waals surface area contributed by atoms with Gasteiger partial charge in [0.15, 0.2) is 0 Å². The largest absolute Gasteiger partial charge is 0.444 e. The van der Waals surface area contributed by atoms with Crippen molar-refractivity contribution in [1.82, 2.24) is 20.1 Å². The van der Waals surface area contributed by atoms with E-state index in [2.05, 4.69) is 21.5 Å². The van der Waals surface area contributed by atoms with Crippen LogP contribution in [0.2, 0.25) is 5.15 Å². The second-order valence-corrected chi connectivity index (χ2v) is 8.87. The summed E-state index contributed by atoms with van der Waals surface area (Å²) < 4.78 is 7.24. The van der Waals surface area contributed by atoms with Crippen LogP contribution >= 0.6 is 11.6 Å². The van der Waals surface area contributed by atoms with Crippen LogP contribution in [0.25, 0.3) is 17.0 Å². The number of benzene rings is 1. The molecule has 1 aromatic carbocycles. The number of nitrogens with zero attached hydrogens (tertiary/aromatic N) is 3. The highest BCUT2D eigenvalue weighted by Gasteiger charge is 2.20. The molecule has 164 valence electrons. The van der Waals surface area contributed by atoms with Crippen molar-refractivity contribution in [2.24, 2.45) is 7.05 Å². The molecule has 0 aliphatic carbocycles. The summed E-state index contributed by atoms with van der Waals surface area (Å²) in [5, 5.41) is 8.71. The minimum Gasteiger partial charge on any atom is -0.444 e. The number of allylic oxidation sites excluding steroid dienone is 1. The van der Waals surface area contributed by atoms with E-state index in [0.29, 0.717) is 5.15 Å².